The molecule has 0 amide bonds. The van der Waals surface area contributed by atoms with Crippen molar-refractivity contribution in [3.63, 3.8) is 0 Å². The average Bonchev–Trinajstić information content (AvgIpc) is 2.39. The molecule has 0 heterocycles. The predicted octanol–water partition coefficient (Wildman–Crippen LogP) is 5.98. The maximum absolute atomic E-state index is 6.28. The van der Waals surface area contributed by atoms with Gasteiger partial charge in [0.1, 0.15) is 0 Å². The van der Waals surface area contributed by atoms with Crippen LogP contribution in [0.15, 0.2) is 36.4 Å². The number of halogens is 3. The van der Waals surface area contributed by atoms with E-state index in [2.05, 4.69) is 24.4 Å². The third-order valence-corrected chi connectivity index (χ3v) is 4.16. The van der Waals surface area contributed by atoms with E-state index in [0.29, 0.717) is 21.1 Å². The Hall–Kier alpha value is -0.730. The fourth-order valence-corrected chi connectivity index (χ4v) is 3.37. The van der Waals surface area contributed by atoms with E-state index in [4.69, 9.17) is 34.8 Å². The lowest BCUT2D eigenvalue weighted by molar-refractivity contribution is 0.577. The van der Waals surface area contributed by atoms with Crippen molar-refractivity contribution >= 4 is 34.8 Å². The van der Waals surface area contributed by atoms with Crippen molar-refractivity contribution in [2.75, 3.05) is 7.05 Å². The Morgan fingerprint density at radius 1 is 1.05 bits per heavy atom. The van der Waals surface area contributed by atoms with Gasteiger partial charge in [0.2, 0.25) is 0 Å². The summed E-state index contributed by atoms with van der Waals surface area (Å²) in [4.78, 5) is 0. The summed E-state index contributed by atoms with van der Waals surface area (Å²) in [6, 6.07) is 12.0. The largest absolute Gasteiger partial charge is 0.313 e. The van der Waals surface area contributed by atoms with Gasteiger partial charge in [0.05, 0.1) is 10.0 Å². The van der Waals surface area contributed by atoms with Gasteiger partial charge in [-0.3, -0.25) is 0 Å². The molecule has 0 aromatic heterocycles. The second-order valence-electron chi connectivity index (χ2n) is 4.62. The first-order valence-corrected chi connectivity index (χ1v) is 7.62. The van der Waals surface area contributed by atoms with Gasteiger partial charge in [-0.2, -0.15) is 0 Å². The van der Waals surface area contributed by atoms with E-state index in [0.717, 1.165) is 17.5 Å². The van der Waals surface area contributed by atoms with Crippen LogP contribution < -0.4 is 5.32 Å². The van der Waals surface area contributed by atoms with Crippen molar-refractivity contribution in [2.45, 2.75) is 19.4 Å². The molecule has 0 saturated carbocycles. The maximum Gasteiger partial charge on any atom is 0.0514 e. The Morgan fingerprint density at radius 2 is 1.70 bits per heavy atom. The summed E-state index contributed by atoms with van der Waals surface area (Å²) >= 11 is 18.5. The zero-order valence-corrected chi connectivity index (χ0v) is 13.7. The molecule has 0 radical (unpaired) electrons. The lowest BCUT2D eigenvalue weighted by Crippen LogP contribution is -2.15. The zero-order chi connectivity index (χ0) is 14.7. The van der Waals surface area contributed by atoms with Gasteiger partial charge in [-0.25, -0.2) is 0 Å². The summed E-state index contributed by atoms with van der Waals surface area (Å²) in [7, 11) is 1.96. The van der Waals surface area contributed by atoms with Crippen LogP contribution in [0, 0.1) is 0 Å². The molecule has 1 unspecified atom stereocenters. The quantitative estimate of drug-likeness (QED) is 0.727. The molecule has 0 bridgehead atoms. The Balaban J connectivity index is 2.51. The van der Waals surface area contributed by atoms with Crippen molar-refractivity contribution in [3.8, 4) is 11.1 Å². The van der Waals surface area contributed by atoms with Gasteiger partial charge in [-0.15, -0.1) is 0 Å². The van der Waals surface area contributed by atoms with E-state index in [1.54, 1.807) is 12.1 Å². The molecule has 4 heteroatoms. The normalized spacial score (nSPS) is 12.4. The minimum atomic E-state index is 0.319. The SMILES string of the molecule is CCC(NC)c1cccc(-c2c(Cl)cc(Cl)cc2Cl)c1. The van der Waals surface area contributed by atoms with Crippen LogP contribution in [0.5, 0.6) is 0 Å². The van der Waals surface area contributed by atoms with Crippen LogP contribution in [-0.4, -0.2) is 7.05 Å². The summed E-state index contributed by atoms with van der Waals surface area (Å²) < 4.78 is 0. The highest BCUT2D eigenvalue weighted by molar-refractivity contribution is 6.41. The summed E-state index contributed by atoms with van der Waals surface area (Å²) in [5, 5.41) is 4.97. The zero-order valence-electron chi connectivity index (χ0n) is 11.4. The molecule has 0 fully saturated rings. The van der Waals surface area contributed by atoms with E-state index >= 15 is 0 Å². The molecule has 20 heavy (non-hydrogen) atoms. The molecular formula is C16H16Cl3N. The highest BCUT2D eigenvalue weighted by Gasteiger charge is 2.13. The molecule has 0 aliphatic rings. The molecule has 106 valence electrons. The fourth-order valence-electron chi connectivity index (χ4n) is 2.34. The molecule has 0 aliphatic carbocycles. The summed E-state index contributed by atoms with van der Waals surface area (Å²) in [5.74, 6) is 0. The van der Waals surface area contributed by atoms with Crippen LogP contribution in [0.3, 0.4) is 0 Å². The van der Waals surface area contributed by atoms with Crippen molar-refractivity contribution in [1.82, 2.24) is 5.32 Å². The van der Waals surface area contributed by atoms with Gasteiger partial charge >= 0.3 is 0 Å². The number of rotatable bonds is 4. The fraction of sp³-hybridized carbons (Fsp3) is 0.250. The summed E-state index contributed by atoms with van der Waals surface area (Å²) in [6.07, 6.45) is 1.02. The van der Waals surface area contributed by atoms with Gasteiger partial charge in [0, 0.05) is 16.6 Å². The standard InChI is InChI=1S/C16H16Cl3N/c1-3-15(20-2)10-5-4-6-11(7-10)16-13(18)8-12(17)9-14(16)19/h4-9,15,20H,3H2,1-2H3. The number of benzene rings is 2. The van der Waals surface area contributed by atoms with Crippen LogP contribution in [-0.2, 0) is 0 Å². The smallest absolute Gasteiger partial charge is 0.0514 e. The highest BCUT2D eigenvalue weighted by Crippen LogP contribution is 2.38. The second kappa shape index (κ2) is 6.82. The molecular weight excluding hydrogens is 313 g/mol. The monoisotopic (exact) mass is 327 g/mol. The number of hydrogen-bond acceptors (Lipinski definition) is 1. The first-order chi connectivity index (χ1) is 9.56. The Bertz CT molecular complexity index is 583. The predicted molar refractivity (Wildman–Crippen MR) is 89.0 cm³/mol. The van der Waals surface area contributed by atoms with Crippen molar-refractivity contribution < 1.29 is 0 Å². The first kappa shape index (κ1) is 15.7. The minimum absolute atomic E-state index is 0.319. The van der Waals surface area contributed by atoms with Gasteiger partial charge in [-0.05, 0) is 42.8 Å². The molecule has 2 aromatic rings. The average molecular weight is 329 g/mol. The van der Waals surface area contributed by atoms with Crippen LogP contribution in [0.4, 0.5) is 0 Å². The Morgan fingerprint density at radius 3 is 2.25 bits per heavy atom. The lowest BCUT2D eigenvalue weighted by atomic mass is 9.98. The minimum Gasteiger partial charge on any atom is -0.313 e. The van der Waals surface area contributed by atoms with Crippen LogP contribution in [0.1, 0.15) is 24.9 Å². The molecule has 0 spiro atoms. The third-order valence-electron chi connectivity index (χ3n) is 3.34. The van der Waals surface area contributed by atoms with Gasteiger partial charge in [-0.1, -0.05) is 59.9 Å². The molecule has 1 nitrogen and oxygen atoms in total. The molecule has 1 N–H and O–H groups in total. The maximum atomic E-state index is 6.28. The van der Waals surface area contributed by atoms with Gasteiger partial charge < -0.3 is 5.32 Å². The van der Waals surface area contributed by atoms with E-state index in [1.807, 2.05) is 19.2 Å². The molecule has 2 aromatic carbocycles. The Labute approximate surface area is 134 Å². The van der Waals surface area contributed by atoms with Gasteiger partial charge in [0.25, 0.3) is 0 Å². The number of nitrogens with one attached hydrogen (secondary N) is 1. The third kappa shape index (κ3) is 3.29. The topological polar surface area (TPSA) is 12.0 Å². The lowest BCUT2D eigenvalue weighted by Gasteiger charge is -2.16. The van der Waals surface area contributed by atoms with Gasteiger partial charge in [0.15, 0.2) is 0 Å². The Kier molecular flexibility index (Phi) is 5.34. The molecule has 1 atom stereocenters. The second-order valence-corrected chi connectivity index (χ2v) is 5.87. The highest BCUT2D eigenvalue weighted by atomic mass is 35.5. The summed E-state index contributed by atoms with van der Waals surface area (Å²) in [5.41, 5.74) is 3.04. The van der Waals surface area contributed by atoms with Crippen LogP contribution in [0.25, 0.3) is 11.1 Å². The van der Waals surface area contributed by atoms with E-state index < -0.39 is 0 Å². The van der Waals surface area contributed by atoms with E-state index in [9.17, 15) is 0 Å². The van der Waals surface area contributed by atoms with Crippen molar-refractivity contribution in [1.29, 1.82) is 0 Å². The first-order valence-electron chi connectivity index (χ1n) is 6.49. The van der Waals surface area contributed by atoms with Crippen molar-refractivity contribution in [3.05, 3.63) is 57.0 Å². The molecule has 0 saturated heterocycles. The van der Waals surface area contributed by atoms with Crippen molar-refractivity contribution in [2.24, 2.45) is 0 Å². The van der Waals surface area contributed by atoms with E-state index in [1.165, 1.54) is 5.56 Å². The number of hydrogen-bond donors (Lipinski definition) is 1. The molecule has 2 rings (SSSR count). The molecule has 0 aliphatic heterocycles. The summed E-state index contributed by atoms with van der Waals surface area (Å²) in [6.45, 7) is 2.15. The van der Waals surface area contributed by atoms with Crippen LogP contribution in [0.2, 0.25) is 15.1 Å². The van der Waals surface area contributed by atoms with Crippen LogP contribution >= 0.6 is 34.8 Å². The van der Waals surface area contributed by atoms with E-state index in [-0.39, 0.29) is 0 Å².